The van der Waals surface area contributed by atoms with Crippen LogP contribution in [-0.4, -0.2) is 34.6 Å². The summed E-state index contributed by atoms with van der Waals surface area (Å²) < 4.78 is 2.49. The van der Waals surface area contributed by atoms with Crippen molar-refractivity contribution in [3.63, 3.8) is 0 Å². The maximum absolute atomic E-state index is 12.5. The van der Waals surface area contributed by atoms with Crippen molar-refractivity contribution < 1.29 is 4.79 Å². The van der Waals surface area contributed by atoms with E-state index in [1.54, 1.807) is 0 Å². The van der Waals surface area contributed by atoms with Gasteiger partial charge in [-0.15, -0.1) is 0 Å². The van der Waals surface area contributed by atoms with Gasteiger partial charge in [-0.25, -0.2) is 4.98 Å². The molecule has 0 bridgehead atoms. The number of anilines is 1. The van der Waals surface area contributed by atoms with Gasteiger partial charge in [0.2, 0.25) is 11.9 Å². The molecule has 3 fully saturated rings. The number of aromatic nitrogens is 2. The first kappa shape index (κ1) is 17.1. The Morgan fingerprint density at radius 3 is 2.56 bits per heavy atom. The van der Waals surface area contributed by atoms with Gasteiger partial charge in [0.15, 0.2) is 0 Å². The van der Waals surface area contributed by atoms with Crippen LogP contribution in [0.3, 0.4) is 0 Å². The fourth-order valence-electron chi connectivity index (χ4n) is 5.34. The standard InChI is InChI=1S/C22H30N4O/c27-21(16-7-1-2-8-16)23-17-13-14-25(15-17)22-24-19-11-5-6-12-20(19)26(22)18-9-3-4-10-18/h5-6,11-12,16-18H,1-4,7-10,13-15H2,(H,23,27). The Labute approximate surface area is 161 Å². The van der Waals surface area contributed by atoms with E-state index in [9.17, 15) is 4.79 Å². The van der Waals surface area contributed by atoms with Gasteiger partial charge in [0.25, 0.3) is 0 Å². The third kappa shape index (κ3) is 3.21. The number of para-hydroxylation sites is 2. The quantitative estimate of drug-likeness (QED) is 0.888. The summed E-state index contributed by atoms with van der Waals surface area (Å²) >= 11 is 0. The highest BCUT2D eigenvalue weighted by Gasteiger charge is 2.32. The van der Waals surface area contributed by atoms with Crippen LogP contribution in [0, 0.1) is 5.92 Å². The van der Waals surface area contributed by atoms with Crippen LogP contribution >= 0.6 is 0 Å². The van der Waals surface area contributed by atoms with Crippen LogP contribution in [0.25, 0.3) is 11.0 Å². The molecular formula is C22H30N4O. The van der Waals surface area contributed by atoms with Crippen molar-refractivity contribution in [3.05, 3.63) is 24.3 Å². The number of fused-ring (bicyclic) bond motifs is 1. The van der Waals surface area contributed by atoms with E-state index in [0.717, 1.165) is 43.8 Å². The molecule has 2 heterocycles. The Morgan fingerprint density at radius 2 is 1.74 bits per heavy atom. The average molecular weight is 367 g/mol. The van der Waals surface area contributed by atoms with Gasteiger partial charge in [-0.05, 0) is 44.2 Å². The van der Waals surface area contributed by atoms with Crippen LogP contribution in [0.1, 0.15) is 63.8 Å². The normalized spacial score (nSPS) is 24.3. The lowest BCUT2D eigenvalue weighted by Crippen LogP contribution is -2.40. The van der Waals surface area contributed by atoms with E-state index in [0.29, 0.717) is 6.04 Å². The second kappa shape index (κ2) is 7.17. The van der Waals surface area contributed by atoms with E-state index in [1.807, 2.05) is 0 Å². The number of carbonyl (C=O) groups excluding carboxylic acids is 1. The zero-order valence-corrected chi connectivity index (χ0v) is 16.1. The van der Waals surface area contributed by atoms with Gasteiger partial charge in [0.05, 0.1) is 11.0 Å². The van der Waals surface area contributed by atoms with E-state index in [-0.39, 0.29) is 17.9 Å². The molecule has 5 nitrogen and oxygen atoms in total. The van der Waals surface area contributed by atoms with Crippen LogP contribution in [0.2, 0.25) is 0 Å². The van der Waals surface area contributed by atoms with Crippen LogP contribution < -0.4 is 10.2 Å². The van der Waals surface area contributed by atoms with Crippen LogP contribution in [0.4, 0.5) is 5.95 Å². The van der Waals surface area contributed by atoms with E-state index in [2.05, 4.69) is 39.0 Å². The number of rotatable bonds is 4. The number of imidazole rings is 1. The first-order chi connectivity index (χ1) is 13.3. The molecule has 1 aromatic carbocycles. The summed E-state index contributed by atoms with van der Waals surface area (Å²) in [5.41, 5.74) is 2.36. The van der Waals surface area contributed by atoms with Crippen LogP contribution in [-0.2, 0) is 4.79 Å². The minimum Gasteiger partial charge on any atom is -0.351 e. The van der Waals surface area contributed by atoms with Gasteiger partial charge in [-0.2, -0.15) is 0 Å². The number of benzene rings is 1. The van der Waals surface area contributed by atoms with E-state index in [1.165, 1.54) is 44.0 Å². The zero-order valence-electron chi connectivity index (χ0n) is 16.1. The topological polar surface area (TPSA) is 50.2 Å². The average Bonchev–Trinajstić information content (AvgIpc) is 3.46. The number of nitrogens with one attached hydrogen (secondary N) is 1. The van der Waals surface area contributed by atoms with E-state index >= 15 is 0 Å². The van der Waals surface area contributed by atoms with Crippen molar-refractivity contribution in [1.29, 1.82) is 0 Å². The summed E-state index contributed by atoms with van der Waals surface area (Å²) in [5.74, 6) is 1.64. The van der Waals surface area contributed by atoms with Gasteiger partial charge in [-0.3, -0.25) is 4.79 Å². The van der Waals surface area contributed by atoms with E-state index in [4.69, 9.17) is 4.98 Å². The largest absolute Gasteiger partial charge is 0.351 e. The summed E-state index contributed by atoms with van der Waals surface area (Å²) in [6, 6.07) is 9.36. The molecule has 2 aliphatic carbocycles. The molecule has 5 heteroatoms. The molecule has 1 amide bonds. The molecule has 5 rings (SSSR count). The smallest absolute Gasteiger partial charge is 0.223 e. The summed E-state index contributed by atoms with van der Waals surface area (Å²) in [5, 5.41) is 3.33. The molecule has 1 saturated heterocycles. The van der Waals surface area contributed by atoms with Crippen molar-refractivity contribution in [2.75, 3.05) is 18.0 Å². The van der Waals surface area contributed by atoms with Crippen molar-refractivity contribution >= 4 is 22.9 Å². The summed E-state index contributed by atoms with van der Waals surface area (Å²) in [4.78, 5) is 19.9. The fourth-order valence-corrected chi connectivity index (χ4v) is 5.34. The van der Waals surface area contributed by atoms with Gasteiger partial charge in [0.1, 0.15) is 0 Å². The Bertz CT molecular complexity index is 817. The molecule has 3 aliphatic rings. The monoisotopic (exact) mass is 366 g/mol. The molecule has 0 radical (unpaired) electrons. The van der Waals surface area contributed by atoms with Crippen molar-refractivity contribution in [1.82, 2.24) is 14.9 Å². The van der Waals surface area contributed by atoms with Gasteiger partial charge >= 0.3 is 0 Å². The van der Waals surface area contributed by atoms with Gasteiger partial charge in [0, 0.05) is 31.1 Å². The molecule has 1 aromatic heterocycles. The van der Waals surface area contributed by atoms with Crippen molar-refractivity contribution in [3.8, 4) is 0 Å². The van der Waals surface area contributed by atoms with Crippen LogP contribution in [0.15, 0.2) is 24.3 Å². The molecule has 27 heavy (non-hydrogen) atoms. The molecule has 1 unspecified atom stereocenters. The molecule has 1 N–H and O–H groups in total. The predicted molar refractivity (Wildman–Crippen MR) is 108 cm³/mol. The summed E-state index contributed by atoms with van der Waals surface area (Å²) in [6.07, 6.45) is 10.7. The molecule has 1 aliphatic heterocycles. The third-order valence-corrected chi connectivity index (χ3v) is 6.81. The number of hydrogen-bond acceptors (Lipinski definition) is 3. The van der Waals surface area contributed by atoms with Crippen molar-refractivity contribution in [2.24, 2.45) is 5.92 Å². The first-order valence-electron chi connectivity index (χ1n) is 10.8. The summed E-state index contributed by atoms with van der Waals surface area (Å²) in [6.45, 7) is 1.86. The van der Waals surface area contributed by atoms with E-state index < -0.39 is 0 Å². The second-order valence-corrected chi connectivity index (χ2v) is 8.63. The third-order valence-electron chi connectivity index (χ3n) is 6.81. The molecule has 1 atom stereocenters. The lowest BCUT2D eigenvalue weighted by atomic mass is 10.1. The second-order valence-electron chi connectivity index (χ2n) is 8.63. The highest BCUT2D eigenvalue weighted by Crippen LogP contribution is 2.37. The highest BCUT2D eigenvalue weighted by molar-refractivity contribution is 5.80. The summed E-state index contributed by atoms with van der Waals surface area (Å²) in [7, 11) is 0. The maximum atomic E-state index is 12.5. The molecular weight excluding hydrogens is 336 g/mol. The molecule has 2 aromatic rings. The number of nitrogens with zero attached hydrogens (tertiary/aromatic N) is 3. The lowest BCUT2D eigenvalue weighted by Gasteiger charge is -2.23. The van der Waals surface area contributed by atoms with Crippen molar-refractivity contribution in [2.45, 2.75) is 69.9 Å². The van der Waals surface area contributed by atoms with Crippen LogP contribution in [0.5, 0.6) is 0 Å². The number of carbonyl (C=O) groups is 1. The molecule has 144 valence electrons. The highest BCUT2D eigenvalue weighted by atomic mass is 16.2. The minimum absolute atomic E-state index is 0.252. The molecule has 2 saturated carbocycles. The van der Waals surface area contributed by atoms with Gasteiger partial charge in [-0.1, -0.05) is 37.8 Å². The Hall–Kier alpha value is -2.04. The zero-order chi connectivity index (χ0) is 18.2. The maximum Gasteiger partial charge on any atom is 0.223 e. The SMILES string of the molecule is O=C(NC1CCN(c2nc3ccccc3n2C2CCCC2)C1)C1CCCC1. The first-order valence-corrected chi connectivity index (χ1v) is 10.8. The van der Waals surface area contributed by atoms with Gasteiger partial charge < -0.3 is 14.8 Å². The number of amides is 1. The number of hydrogen-bond donors (Lipinski definition) is 1. The predicted octanol–water partition coefficient (Wildman–Crippen LogP) is 4.04. The fraction of sp³-hybridized carbons (Fsp3) is 0.636. The minimum atomic E-state index is 0.252. The Balaban J connectivity index is 1.36. The Kier molecular flexibility index (Phi) is 4.54. The lowest BCUT2D eigenvalue weighted by molar-refractivity contribution is -0.125. The Morgan fingerprint density at radius 1 is 1.00 bits per heavy atom. The molecule has 0 spiro atoms.